The SMILES string of the molecule is CC(C)c1nc2ccc(Oc3ccc(F)cc3)cc2c(=O)n1CC1CCCNC1. The predicted molar refractivity (Wildman–Crippen MR) is 112 cm³/mol. The van der Waals surface area contributed by atoms with Crippen LogP contribution < -0.4 is 15.6 Å². The molecule has 2 aromatic carbocycles. The van der Waals surface area contributed by atoms with E-state index in [4.69, 9.17) is 9.72 Å². The van der Waals surface area contributed by atoms with E-state index in [0.717, 1.165) is 31.8 Å². The fourth-order valence-corrected chi connectivity index (χ4v) is 3.87. The van der Waals surface area contributed by atoms with Gasteiger partial charge in [0, 0.05) is 12.5 Å². The highest BCUT2D eigenvalue weighted by atomic mass is 19.1. The van der Waals surface area contributed by atoms with Gasteiger partial charge in [0.25, 0.3) is 5.56 Å². The molecule has 29 heavy (non-hydrogen) atoms. The topological polar surface area (TPSA) is 56.1 Å². The van der Waals surface area contributed by atoms with Crippen molar-refractivity contribution in [2.45, 2.75) is 39.2 Å². The van der Waals surface area contributed by atoms with Crippen molar-refractivity contribution in [1.29, 1.82) is 0 Å². The first-order valence-electron chi connectivity index (χ1n) is 10.2. The number of nitrogens with one attached hydrogen (secondary N) is 1. The molecule has 1 fully saturated rings. The Balaban J connectivity index is 1.72. The summed E-state index contributed by atoms with van der Waals surface area (Å²) in [6.07, 6.45) is 2.25. The van der Waals surface area contributed by atoms with Crippen molar-refractivity contribution in [3.63, 3.8) is 0 Å². The Hall–Kier alpha value is -2.73. The minimum atomic E-state index is -0.318. The minimum Gasteiger partial charge on any atom is -0.457 e. The van der Waals surface area contributed by atoms with Gasteiger partial charge in [-0.25, -0.2) is 9.37 Å². The first-order chi connectivity index (χ1) is 14.0. The third kappa shape index (κ3) is 4.32. The van der Waals surface area contributed by atoms with Gasteiger partial charge in [0.05, 0.1) is 10.9 Å². The highest BCUT2D eigenvalue weighted by Crippen LogP contribution is 2.25. The number of aromatic nitrogens is 2. The van der Waals surface area contributed by atoms with Crippen molar-refractivity contribution in [3.8, 4) is 11.5 Å². The predicted octanol–water partition coefficient (Wildman–Crippen LogP) is 4.45. The molecule has 6 heteroatoms. The van der Waals surface area contributed by atoms with Gasteiger partial charge in [0.1, 0.15) is 23.1 Å². The van der Waals surface area contributed by atoms with Gasteiger partial charge in [-0.2, -0.15) is 0 Å². The second kappa shape index (κ2) is 8.33. The van der Waals surface area contributed by atoms with Gasteiger partial charge in [-0.05, 0) is 74.3 Å². The molecule has 0 saturated carbocycles. The van der Waals surface area contributed by atoms with Crippen molar-refractivity contribution in [3.05, 3.63) is 64.5 Å². The van der Waals surface area contributed by atoms with Crippen LogP contribution in [0.5, 0.6) is 11.5 Å². The fraction of sp³-hybridized carbons (Fsp3) is 0.391. The Labute approximate surface area is 169 Å². The van der Waals surface area contributed by atoms with Gasteiger partial charge < -0.3 is 10.1 Å². The van der Waals surface area contributed by atoms with E-state index >= 15 is 0 Å². The fourth-order valence-electron chi connectivity index (χ4n) is 3.87. The molecule has 1 aliphatic rings. The number of nitrogens with zero attached hydrogens (tertiary/aromatic N) is 2. The zero-order chi connectivity index (χ0) is 20.4. The zero-order valence-corrected chi connectivity index (χ0v) is 16.8. The number of benzene rings is 2. The lowest BCUT2D eigenvalue weighted by Gasteiger charge is -2.25. The van der Waals surface area contributed by atoms with E-state index in [2.05, 4.69) is 19.2 Å². The molecule has 2 heterocycles. The summed E-state index contributed by atoms with van der Waals surface area (Å²) < 4.78 is 20.8. The molecule has 0 radical (unpaired) electrons. The second-order valence-electron chi connectivity index (χ2n) is 7.99. The molecule has 0 amide bonds. The summed E-state index contributed by atoms with van der Waals surface area (Å²) in [5.41, 5.74) is 0.636. The molecule has 0 bridgehead atoms. The van der Waals surface area contributed by atoms with E-state index in [1.165, 1.54) is 12.1 Å². The van der Waals surface area contributed by atoms with Crippen molar-refractivity contribution in [2.24, 2.45) is 5.92 Å². The minimum absolute atomic E-state index is 0.0335. The van der Waals surface area contributed by atoms with E-state index in [-0.39, 0.29) is 17.3 Å². The van der Waals surface area contributed by atoms with Gasteiger partial charge in [0.2, 0.25) is 0 Å². The maximum atomic E-state index is 13.4. The molecular weight excluding hydrogens is 369 g/mol. The Kier molecular flexibility index (Phi) is 5.62. The standard InChI is InChI=1S/C23H26FN3O2/c1-15(2)22-26-21-10-9-19(29-18-7-5-17(24)6-8-18)12-20(21)23(28)27(22)14-16-4-3-11-25-13-16/h5-10,12,15-16,25H,3-4,11,13-14H2,1-2H3. The highest BCUT2D eigenvalue weighted by molar-refractivity contribution is 5.79. The summed E-state index contributed by atoms with van der Waals surface area (Å²) in [5.74, 6) is 2.13. The monoisotopic (exact) mass is 395 g/mol. The third-order valence-corrected chi connectivity index (χ3v) is 5.36. The average molecular weight is 395 g/mol. The molecule has 1 unspecified atom stereocenters. The van der Waals surface area contributed by atoms with E-state index in [9.17, 15) is 9.18 Å². The molecule has 1 aromatic heterocycles. The van der Waals surface area contributed by atoms with Crippen LogP contribution >= 0.6 is 0 Å². The summed E-state index contributed by atoms with van der Waals surface area (Å²) in [5, 5.41) is 3.96. The van der Waals surface area contributed by atoms with Crippen LogP contribution in [0.1, 0.15) is 38.4 Å². The number of piperidine rings is 1. The molecule has 1 N–H and O–H groups in total. The Bertz CT molecular complexity index is 1050. The molecule has 1 atom stereocenters. The maximum Gasteiger partial charge on any atom is 0.261 e. The largest absolute Gasteiger partial charge is 0.457 e. The zero-order valence-electron chi connectivity index (χ0n) is 16.8. The van der Waals surface area contributed by atoms with E-state index in [0.29, 0.717) is 34.9 Å². The first kappa shape index (κ1) is 19.6. The second-order valence-corrected chi connectivity index (χ2v) is 7.99. The lowest BCUT2D eigenvalue weighted by atomic mass is 9.99. The average Bonchev–Trinajstić information content (AvgIpc) is 2.72. The molecule has 152 valence electrons. The van der Waals surface area contributed by atoms with Crippen molar-refractivity contribution in [2.75, 3.05) is 13.1 Å². The van der Waals surface area contributed by atoms with Gasteiger partial charge in [-0.3, -0.25) is 9.36 Å². The number of halogens is 1. The van der Waals surface area contributed by atoms with Crippen molar-refractivity contribution in [1.82, 2.24) is 14.9 Å². The van der Waals surface area contributed by atoms with Crippen LogP contribution in [0.3, 0.4) is 0 Å². The van der Waals surface area contributed by atoms with Crippen LogP contribution in [0, 0.1) is 11.7 Å². The highest BCUT2D eigenvalue weighted by Gasteiger charge is 2.20. The van der Waals surface area contributed by atoms with Crippen molar-refractivity contribution < 1.29 is 9.13 Å². The summed E-state index contributed by atoms with van der Waals surface area (Å²) >= 11 is 0. The number of ether oxygens (including phenoxy) is 1. The summed E-state index contributed by atoms with van der Waals surface area (Å²) in [6, 6.07) is 11.2. The Morgan fingerprint density at radius 1 is 1.21 bits per heavy atom. The van der Waals surface area contributed by atoms with Gasteiger partial charge in [-0.15, -0.1) is 0 Å². The van der Waals surface area contributed by atoms with Gasteiger partial charge >= 0.3 is 0 Å². The maximum absolute atomic E-state index is 13.4. The van der Waals surface area contributed by atoms with Gasteiger partial charge in [0.15, 0.2) is 0 Å². The number of hydrogen-bond donors (Lipinski definition) is 1. The summed E-state index contributed by atoms with van der Waals surface area (Å²) in [7, 11) is 0. The third-order valence-electron chi connectivity index (χ3n) is 5.36. The molecule has 5 nitrogen and oxygen atoms in total. The van der Waals surface area contributed by atoms with Crippen LogP contribution in [0.25, 0.3) is 10.9 Å². The van der Waals surface area contributed by atoms with E-state index < -0.39 is 0 Å². The smallest absolute Gasteiger partial charge is 0.261 e. The van der Waals surface area contributed by atoms with Gasteiger partial charge in [-0.1, -0.05) is 13.8 Å². The van der Waals surface area contributed by atoms with Crippen LogP contribution in [0.15, 0.2) is 47.3 Å². The van der Waals surface area contributed by atoms with Crippen LogP contribution in [0.4, 0.5) is 4.39 Å². The first-order valence-corrected chi connectivity index (χ1v) is 10.2. The number of fused-ring (bicyclic) bond motifs is 1. The quantitative estimate of drug-likeness (QED) is 0.693. The lowest BCUT2D eigenvalue weighted by Crippen LogP contribution is -2.36. The molecule has 3 aromatic rings. The lowest BCUT2D eigenvalue weighted by molar-refractivity contribution is 0.327. The summed E-state index contributed by atoms with van der Waals surface area (Å²) in [4.78, 5) is 18.2. The van der Waals surface area contributed by atoms with Crippen LogP contribution in [0.2, 0.25) is 0 Å². The van der Waals surface area contributed by atoms with Crippen LogP contribution in [-0.4, -0.2) is 22.6 Å². The van der Waals surface area contributed by atoms with E-state index in [1.807, 2.05) is 10.6 Å². The van der Waals surface area contributed by atoms with Crippen molar-refractivity contribution >= 4 is 10.9 Å². The normalized spacial score (nSPS) is 17.0. The number of rotatable bonds is 5. The molecular formula is C23H26FN3O2. The van der Waals surface area contributed by atoms with Crippen LogP contribution in [-0.2, 0) is 6.54 Å². The van der Waals surface area contributed by atoms with E-state index in [1.54, 1.807) is 24.3 Å². The molecule has 0 aliphatic carbocycles. The molecule has 4 rings (SSSR count). The molecule has 1 saturated heterocycles. The molecule has 0 spiro atoms. The number of hydrogen-bond acceptors (Lipinski definition) is 4. The summed E-state index contributed by atoms with van der Waals surface area (Å²) in [6.45, 7) is 6.77. The Morgan fingerprint density at radius 2 is 1.97 bits per heavy atom. The molecule has 1 aliphatic heterocycles. The Morgan fingerprint density at radius 3 is 2.66 bits per heavy atom.